The van der Waals surface area contributed by atoms with Crippen LogP contribution in [-0.2, 0) is 0 Å². The maximum absolute atomic E-state index is 12.7. The number of ether oxygens (including phenoxy) is 3. The van der Waals surface area contributed by atoms with Crippen LogP contribution in [-0.4, -0.2) is 25.1 Å². The van der Waals surface area contributed by atoms with E-state index in [9.17, 15) is 4.79 Å². The highest BCUT2D eigenvalue weighted by Gasteiger charge is 2.15. The average molecular weight is 429 g/mol. The first-order valence-corrected chi connectivity index (χ1v) is 8.82. The second kappa shape index (κ2) is 8.55. The molecule has 0 radical (unpaired) electrons. The number of hydrogen-bond acceptors (Lipinski definition) is 5. The number of nitrogens with one attached hydrogen (secondary N) is 1. The number of amides is 1. The molecular formula is C20H17BrN2O4. The minimum atomic E-state index is -0.347. The molecule has 0 unspecified atom stereocenters. The second-order valence-corrected chi connectivity index (χ2v) is 6.36. The number of pyridine rings is 1. The third-order valence-corrected chi connectivity index (χ3v) is 4.16. The van der Waals surface area contributed by atoms with Crippen molar-refractivity contribution in [1.29, 1.82) is 0 Å². The molecule has 2 aromatic carbocycles. The van der Waals surface area contributed by atoms with Gasteiger partial charge in [0.2, 0.25) is 5.88 Å². The van der Waals surface area contributed by atoms with Crippen molar-refractivity contribution in [2.45, 2.75) is 0 Å². The normalized spacial score (nSPS) is 10.2. The molecule has 1 aromatic heterocycles. The van der Waals surface area contributed by atoms with Gasteiger partial charge < -0.3 is 19.5 Å². The molecule has 1 N–H and O–H groups in total. The number of carbonyl (C=O) groups excluding carboxylic acids is 1. The molecule has 0 aliphatic carbocycles. The van der Waals surface area contributed by atoms with Crippen molar-refractivity contribution in [3.05, 3.63) is 70.8 Å². The highest BCUT2D eigenvalue weighted by Crippen LogP contribution is 2.31. The number of benzene rings is 2. The third-order valence-electron chi connectivity index (χ3n) is 3.67. The summed E-state index contributed by atoms with van der Waals surface area (Å²) in [5, 5.41) is 2.82. The zero-order valence-corrected chi connectivity index (χ0v) is 16.3. The summed E-state index contributed by atoms with van der Waals surface area (Å²) in [6.45, 7) is 0. The van der Waals surface area contributed by atoms with Crippen LogP contribution >= 0.6 is 15.9 Å². The van der Waals surface area contributed by atoms with E-state index in [2.05, 4.69) is 26.2 Å². The Morgan fingerprint density at radius 3 is 2.56 bits per heavy atom. The fourth-order valence-corrected chi connectivity index (χ4v) is 2.78. The third kappa shape index (κ3) is 4.57. The van der Waals surface area contributed by atoms with Gasteiger partial charge in [0.15, 0.2) is 11.5 Å². The summed E-state index contributed by atoms with van der Waals surface area (Å²) in [5.74, 6) is 1.54. The minimum Gasteiger partial charge on any atom is -0.493 e. The van der Waals surface area contributed by atoms with Gasteiger partial charge in [-0.05, 0) is 42.5 Å². The SMILES string of the molecule is COc1ccc(NC(=O)c2cccnc2Oc2cccc(Br)c2)cc1OC. The van der Waals surface area contributed by atoms with Crippen LogP contribution in [0.5, 0.6) is 23.1 Å². The first-order chi connectivity index (χ1) is 13.1. The van der Waals surface area contributed by atoms with Crippen LogP contribution in [0.15, 0.2) is 65.3 Å². The van der Waals surface area contributed by atoms with Crippen LogP contribution < -0.4 is 19.5 Å². The number of hydrogen-bond donors (Lipinski definition) is 1. The maximum atomic E-state index is 12.7. The van der Waals surface area contributed by atoms with Crippen LogP contribution in [0.25, 0.3) is 0 Å². The zero-order chi connectivity index (χ0) is 19.2. The molecule has 0 aliphatic heterocycles. The lowest BCUT2D eigenvalue weighted by Crippen LogP contribution is -2.13. The lowest BCUT2D eigenvalue weighted by Gasteiger charge is -2.12. The number of nitrogens with zero attached hydrogens (tertiary/aromatic N) is 1. The van der Waals surface area contributed by atoms with Crippen LogP contribution in [0.2, 0.25) is 0 Å². The largest absolute Gasteiger partial charge is 0.493 e. The van der Waals surface area contributed by atoms with E-state index in [-0.39, 0.29) is 11.8 Å². The highest BCUT2D eigenvalue weighted by molar-refractivity contribution is 9.10. The Morgan fingerprint density at radius 2 is 1.81 bits per heavy atom. The number of rotatable bonds is 6. The summed E-state index contributed by atoms with van der Waals surface area (Å²) in [6, 6.07) is 15.8. The molecule has 1 heterocycles. The van der Waals surface area contributed by atoms with E-state index in [1.807, 2.05) is 12.1 Å². The Labute approximate surface area is 165 Å². The smallest absolute Gasteiger partial charge is 0.261 e. The van der Waals surface area contributed by atoms with Gasteiger partial charge in [-0.3, -0.25) is 4.79 Å². The van der Waals surface area contributed by atoms with Crippen molar-refractivity contribution >= 4 is 27.5 Å². The van der Waals surface area contributed by atoms with Crippen molar-refractivity contribution in [3.63, 3.8) is 0 Å². The van der Waals surface area contributed by atoms with E-state index >= 15 is 0 Å². The van der Waals surface area contributed by atoms with E-state index in [1.165, 1.54) is 7.11 Å². The molecule has 27 heavy (non-hydrogen) atoms. The van der Waals surface area contributed by atoms with Gasteiger partial charge in [-0.25, -0.2) is 4.98 Å². The number of methoxy groups -OCH3 is 2. The van der Waals surface area contributed by atoms with Gasteiger partial charge in [-0.2, -0.15) is 0 Å². The van der Waals surface area contributed by atoms with Crippen molar-refractivity contribution in [1.82, 2.24) is 4.98 Å². The zero-order valence-electron chi connectivity index (χ0n) is 14.7. The minimum absolute atomic E-state index is 0.216. The van der Waals surface area contributed by atoms with Gasteiger partial charge in [0.1, 0.15) is 11.3 Å². The van der Waals surface area contributed by atoms with Gasteiger partial charge in [0, 0.05) is 22.4 Å². The fourth-order valence-electron chi connectivity index (χ4n) is 2.40. The molecule has 7 heteroatoms. The van der Waals surface area contributed by atoms with Crippen LogP contribution in [0.3, 0.4) is 0 Å². The lowest BCUT2D eigenvalue weighted by atomic mass is 10.2. The summed E-state index contributed by atoms with van der Waals surface area (Å²) >= 11 is 3.39. The van der Waals surface area contributed by atoms with Gasteiger partial charge in [-0.1, -0.05) is 22.0 Å². The number of carbonyl (C=O) groups is 1. The average Bonchev–Trinajstić information content (AvgIpc) is 2.68. The number of aromatic nitrogens is 1. The Bertz CT molecular complexity index is 962. The summed E-state index contributed by atoms with van der Waals surface area (Å²) in [6.07, 6.45) is 1.57. The van der Waals surface area contributed by atoms with Gasteiger partial charge in [0.25, 0.3) is 5.91 Å². The maximum Gasteiger partial charge on any atom is 0.261 e. The van der Waals surface area contributed by atoms with Crippen LogP contribution in [0.1, 0.15) is 10.4 Å². The molecule has 1 amide bonds. The molecule has 0 saturated carbocycles. The molecule has 138 valence electrons. The summed E-state index contributed by atoms with van der Waals surface area (Å²) < 4.78 is 17.1. The van der Waals surface area contributed by atoms with Crippen molar-refractivity contribution in [2.24, 2.45) is 0 Å². The van der Waals surface area contributed by atoms with Crippen LogP contribution in [0, 0.1) is 0 Å². The van der Waals surface area contributed by atoms with Crippen molar-refractivity contribution in [3.8, 4) is 23.1 Å². The quantitative estimate of drug-likeness (QED) is 0.603. The first kappa shape index (κ1) is 18.7. The van der Waals surface area contributed by atoms with Gasteiger partial charge >= 0.3 is 0 Å². The molecule has 0 fully saturated rings. The molecule has 0 bridgehead atoms. The first-order valence-electron chi connectivity index (χ1n) is 8.02. The highest BCUT2D eigenvalue weighted by atomic mass is 79.9. The van der Waals surface area contributed by atoms with E-state index < -0.39 is 0 Å². The predicted octanol–water partition coefficient (Wildman–Crippen LogP) is 4.91. The molecule has 0 aliphatic rings. The molecule has 3 rings (SSSR count). The topological polar surface area (TPSA) is 69.7 Å². The monoisotopic (exact) mass is 428 g/mol. The van der Waals surface area contributed by atoms with E-state index in [4.69, 9.17) is 14.2 Å². The molecule has 3 aromatic rings. The second-order valence-electron chi connectivity index (χ2n) is 5.44. The molecule has 0 spiro atoms. The molecular weight excluding hydrogens is 412 g/mol. The van der Waals surface area contributed by atoms with E-state index in [1.54, 1.807) is 55.8 Å². The Morgan fingerprint density at radius 1 is 1.00 bits per heavy atom. The molecule has 0 atom stereocenters. The van der Waals surface area contributed by atoms with E-state index in [0.29, 0.717) is 28.5 Å². The van der Waals surface area contributed by atoms with Gasteiger partial charge in [-0.15, -0.1) is 0 Å². The predicted molar refractivity (Wildman–Crippen MR) is 106 cm³/mol. The van der Waals surface area contributed by atoms with Gasteiger partial charge in [0.05, 0.1) is 14.2 Å². The summed E-state index contributed by atoms with van der Waals surface area (Å²) in [4.78, 5) is 16.9. The fraction of sp³-hybridized carbons (Fsp3) is 0.100. The van der Waals surface area contributed by atoms with Crippen LogP contribution in [0.4, 0.5) is 5.69 Å². The lowest BCUT2D eigenvalue weighted by molar-refractivity contribution is 0.102. The van der Waals surface area contributed by atoms with Crippen molar-refractivity contribution in [2.75, 3.05) is 19.5 Å². The van der Waals surface area contributed by atoms with Crippen molar-refractivity contribution < 1.29 is 19.0 Å². The standard InChI is InChI=1S/C20H17BrN2O4/c1-25-17-9-8-14(12-18(17)26-2)23-19(24)16-7-4-10-22-20(16)27-15-6-3-5-13(21)11-15/h3-12H,1-2H3,(H,23,24). The van der Waals surface area contributed by atoms with E-state index in [0.717, 1.165) is 4.47 Å². The number of anilines is 1. The molecule has 0 saturated heterocycles. The summed E-state index contributed by atoms with van der Waals surface area (Å²) in [5.41, 5.74) is 0.877. The Hall–Kier alpha value is -3.06. The Kier molecular flexibility index (Phi) is 5.93. The summed E-state index contributed by atoms with van der Waals surface area (Å²) in [7, 11) is 3.09. The number of halogens is 1. The Balaban J connectivity index is 1.83. The molecule has 6 nitrogen and oxygen atoms in total.